The van der Waals surface area contributed by atoms with Crippen molar-refractivity contribution in [2.45, 2.75) is 12.8 Å². The minimum atomic E-state index is -3.38. The smallest absolute Gasteiger partial charge is 0.335 e. The molecule has 0 bridgehead atoms. The van der Waals surface area contributed by atoms with E-state index >= 15 is 0 Å². The highest BCUT2D eigenvalue weighted by Crippen LogP contribution is 2.24. The van der Waals surface area contributed by atoms with Crippen molar-refractivity contribution in [1.29, 1.82) is 0 Å². The van der Waals surface area contributed by atoms with Crippen molar-refractivity contribution >= 4 is 16.2 Å². The topological polar surface area (TPSA) is 104 Å². The summed E-state index contributed by atoms with van der Waals surface area (Å²) in [5.41, 5.74) is 2.47. The largest absolute Gasteiger partial charge is 0.478 e. The van der Waals surface area contributed by atoms with E-state index in [4.69, 9.17) is 5.11 Å². The molecule has 2 heterocycles. The summed E-state index contributed by atoms with van der Waals surface area (Å²) in [5, 5.41) is 8.98. The standard InChI is InChI=1S/C18H22N4O4S/c1-21(2)27(25,26)22-8-7-13(12-22)9-16-10-19-11-17(20-16)14-3-5-15(6-4-14)18(23)24/h3-6,10-11,13H,7-9,12H2,1-2H3,(H,23,24)/t13-/m0/s1. The minimum absolute atomic E-state index is 0.193. The molecule has 0 aliphatic carbocycles. The zero-order chi connectivity index (χ0) is 19.6. The average molecular weight is 390 g/mol. The molecule has 1 atom stereocenters. The molecule has 3 rings (SSSR count). The molecule has 144 valence electrons. The Morgan fingerprint density at radius 1 is 1.26 bits per heavy atom. The second-order valence-electron chi connectivity index (χ2n) is 6.79. The van der Waals surface area contributed by atoms with Crippen molar-refractivity contribution in [2.24, 2.45) is 5.92 Å². The molecule has 1 N–H and O–H groups in total. The van der Waals surface area contributed by atoms with Crippen molar-refractivity contribution in [2.75, 3.05) is 27.2 Å². The molecule has 0 radical (unpaired) electrons. The summed E-state index contributed by atoms with van der Waals surface area (Å²) in [6.07, 6.45) is 4.76. The Hall–Kier alpha value is -2.36. The summed E-state index contributed by atoms with van der Waals surface area (Å²) in [6.45, 7) is 0.981. The first-order valence-corrected chi connectivity index (χ1v) is 9.99. The maximum Gasteiger partial charge on any atom is 0.335 e. The van der Waals surface area contributed by atoms with Gasteiger partial charge in [-0.15, -0.1) is 0 Å². The molecule has 1 aliphatic rings. The number of aromatic nitrogens is 2. The molecule has 1 saturated heterocycles. The molecule has 0 saturated carbocycles. The van der Waals surface area contributed by atoms with E-state index in [1.165, 1.54) is 34.8 Å². The third-order valence-corrected chi connectivity index (χ3v) is 6.55. The van der Waals surface area contributed by atoms with Gasteiger partial charge < -0.3 is 5.11 Å². The highest BCUT2D eigenvalue weighted by Gasteiger charge is 2.32. The molecular weight excluding hydrogens is 368 g/mol. The van der Waals surface area contributed by atoms with Crippen LogP contribution in [0.15, 0.2) is 36.7 Å². The van der Waals surface area contributed by atoms with Crippen LogP contribution in [0.25, 0.3) is 11.3 Å². The Labute approximate surface area is 158 Å². The van der Waals surface area contributed by atoms with E-state index in [-0.39, 0.29) is 11.5 Å². The first-order chi connectivity index (χ1) is 12.8. The number of carboxylic acid groups (broad SMARTS) is 1. The van der Waals surface area contributed by atoms with Crippen LogP contribution in [0, 0.1) is 5.92 Å². The SMILES string of the molecule is CN(C)S(=O)(=O)N1CC[C@@H](Cc2cncc(-c3ccc(C(=O)O)cc3)n2)C1. The Morgan fingerprint density at radius 2 is 1.96 bits per heavy atom. The zero-order valence-corrected chi connectivity index (χ0v) is 16.1. The van der Waals surface area contributed by atoms with Crippen LogP contribution in [0.5, 0.6) is 0 Å². The van der Waals surface area contributed by atoms with Gasteiger partial charge in [-0.3, -0.25) is 4.98 Å². The number of carboxylic acids is 1. The van der Waals surface area contributed by atoms with Gasteiger partial charge in [-0.25, -0.2) is 9.78 Å². The molecule has 9 heteroatoms. The molecule has 0 spiro atoms. The quantitative estimate of drug-likeness (QED) is 0.802. The lowest BCUT2D eigenvalue weighted by atomic mass is 10.0. The molecule has 0 unspecified atom stereocenters. The molecule has 8 nitrogen and oxygen atoms in total. The Morgan fingerprint density at radius 3 is 2.59 bits per heavy atom. The van der Waals surface area contributed by atoms with Crippen molar-refractivity contribution in [3.63, 3.8) is 0 Å². The molecule has 1 aliphatic heterocycles. The Bertz CT molecular complexity index is 929. The second kappa shape index (κ2) is 7.71. The van der Waals surface area contributed by atoms with E-state index in [9.17, 15) is 13.2 Å². The summed E-state index contributed by atoms with van der Waals surface area (Å²) >= 11 is 0. The minimum Gasteiger partial charge on any atom is -0.478 e. The van der Waals surface area contributed by atoms with Gasteiger partial charge >= 0.3 is 5.97 Å². The van der Waals surface area contributed by atoms with E-state index in [0.717, 1.165) is 17.7 Å². The number of hydrogen-bond acceptors (Lipinski definition) is 5. The van der Waals surface area contributed by atoms with Crippen LogP contribution in [-0.4, -0.2) is 65.3 Å². The summed E-state index contributed by atoms with van der Waals surface area (Å²) in [4.78, 5) is 19.8. The third-order valence-electron chi connectivity index (χ3n) is 4.65. The summed E-state index contributed by atoms with van der Waals surface area (Å²) < 4.78 is 27.2. The summed E-state index contributed by atoms with van der Waals surface area (Å²) in [6, 6.07) is 6.48. The summed E-state index contributed by atoms with van der Waals surface area (Å²) in [5.74, 6) is -0.779. The molecule has 1 fully saturated rings. The van der Waals surface area contributed by atoms with Crippen molar-refractivity contribution in [3.05, 3.63) is 47.9 Å². The van der Waals surface area contributed by atoms with Gasteiger partial charge in [-0.05, 0) is 30.9 Å². The normalized spacial score (nSPS) is 18.1. The summed E-state index contributed by atoms with van der Waals surface area (Å²) in [7, 11) is -0.312. The second-order valence-corrected chi connectivity index (χ2v) is 8.93. The predicted octanol–water partition coefficient (Wildman–Crippen LogP) is 1.51. The van der Waals surface area contributed by atoms with Crippen LogP contribution in [0.4, 0.5) is 0 Å². The van der Waals surface area contributed by atoms with Crippen molar-refractivity contribution in [1.82, 2.24) is 18.6 Å². The highest BCUT2D eigenvalue weighted by atomic mass is 32.2. The maximum atomic E-state index is 12.2. The van der Waals surface area contributed by atoms with Gasteiger partial charge in [0, 0.05) is 38.9 Å². The fraction of sp³-hybridized carbons (Fsp3) is 0.389. The van der Waals surface area contributed by atoms with E-state index in [2.05, 4.69) is 9.97 Å². The van der Waals surface area contributed by atoms with Crippen LogP contribution in [0.1, 0.15) is 22.5 Å². The van der Waals surface area contributed by atoms with Gasteiger partial charge in [0.25, 0.3) is 10.2 Å². The van der Waals surface area contributed by atoms with Gasteiger partial charge in [0.1, 0.15) is 0 Å². The van der Waals surface area contributed by atoms with Crippen LogP contribution >= 0.6 is 0 Å². The Kier molecular flexibility index (Phi) is 5.54. The van der Waals surface area contributed by atoms with Crippen LogP contribution in [-0.2, 0) is 16.6 Å². The van der Waals surface area contributed by atoms with Gasteiger partial charge in [0.05, 0.1) is 23.1 Å². The van der Waals surface area contributed by atoms with E-state index in [0.29, 0.717) is 25.2 Å². The first-order valence-electron chi connectivity index (χ1n) is 8.59. The number of hydrogen-bond donors (Lipinski definition) is 1. The van der Waals surface area contributed by atoms with Gasteiger partial charge in [-0.2, -0.15) is 17.0 Å². The number of nitrogens with zero attached hydrogens (tertiary/aromatic N) is 4. The van der Waals surface area contributed by atoms with E-state index in [1.807, 2.05) is 0 Å². The highest BCUT2D eigenvalue weighted by molar-refractivity contribution is 7.86. The lowest BCUT2D eigenvalue weighted by molar-refractivity contribution is 0.0697. The van der Waals surface area contributed by atoms with Crippen LogP contribution in [0.3, 0.4) is 0 Å². The monoisotopic (exact) mass is 390 g/mol. The molecule has 2 aromatic rings. The number of benzene rings is 1. The fourth-order valence-corrected chi connectivity index (χ4v) is 4.32. The van der Waals surface area contributed by atoms with Crippen molar-refractivity contribution < 1.29 is 18.3 Å². The molecule has 1 aromatic carbocycles. The third kappa shape index (κ3) is 4.32. The average Bonchev–Trinajstić information content (AvgIpc) is 3.11. The molecule has 0 amide bonds. The van der Waals surface area contributed by atoms with Gasteiger partial charge in [-0.1, -0.05) is 12.1 Å². The number of rotatable bonds is 6. The first kappa shape index (κ1) is 19.4. The van der Waals surface area contributed by atoms with Gasteiger partial charge in [0.2, 0.25) is 0 Å². The van der Waals surface area contributed by atoms with E-state index < -0.39 is 16.2 Å². The number of carbonyl (C=O) groups is 1. The zero-order valence-electron chi connectivity index (χ0n) is 15.2. The van der Waals surface area contributed by atoms with Gasteiger partial charge in [0.15, 0.2) is 0 Å². The van der Waals surface area contributed by atoms with Crippen molar-refractivity contribution in [3.8, 4) is 11.3 Å². The van der Waals surface area contributed by atoms with Crippen LogP contribution < -0.4 is 0 Å². The lowest BCUT2D eigenvalue weighted by Gasteiger charge is -2.20. The maximum absolute atomic E-state index is 12.2. The molecule has 27 heavy (non-hydrogen) atoms. The number of aromatic carboxylic acids is 1. The Balaban J connectivity index is 1.71. The lowest BCUT2D eigenvalue weighted by Crippen LogP contribution is -2.38. The predicted molar refractivity (Wildman–Crippen MR) is 100 cm³/mol. The molecular formula is C18H22N4O4S. The fourth-order valence-electron chi connectivity index (χ4n) is 3.13. The van der Waals surface area contributed by atoms with Crippen LogP contribution in [0.2, 0.25) is 0 Å². The molecule has 1 aromatic heterocycles. The van der Waals surface area contributed by atoms with E-state index in [1.54, 1.807) is 24.5 Å².